The Morgan fingerprint density at radius 2 is 2.21 bits per heavy atom. The van der Waals surface area contributed by atoms with E-state index in [-0.39, 0.29) is 11.7 Å². The van der Waals surface area contributed by atoms with Gasteiger partial charge in [-0.15, -0.1) is 0 Å². The van der Waals surface area contributed by atoms with E-state index in [2.05, 4.69) is 21.2 Å². The highest BCUT2D eigenvalue weighted by Gasteiger charge is 2.12. The molecule has 0 spiro atoms. The number of halogens is 1. The summed E-state index contributed by atoms with van der Waals surface area (Å²) in [7, 11) is 1.82. The summed E-state index contributed by atoms with van der Waals surface area (Å²) in [5, 5.41) is 13.6. The summed E-state index contributed by atoms with van der Waals surface area (Å²) in [6.07, 6.45) is 0. The van der Waals surface area contributed by atoms with Crippen LogP contribution in [0.2, 0.25) is 0 Å². The summed E-state index contributed by atoms with van der Waals surface area (Å²) in [5.41, 5.74) is 1.01. The first kappa shape index (κ1) is 11.1. The van der Waals surface area contributed by atoms with Crippen molar-refractivity contribution >= 4 is 21.6 Å². The molecular formula is C9H11BrN2O2. The second kappa shape index (κ2) is 4.52. The van der Waals surface area contributed by atoms with Crippen LogP contribution < -0.4 is 5.32 Å². The Morgan fingerprint density at radius 1 is 1.57 bits per heavy atom. The van der Waals surface area contributed by atoms with Crippen LogP contribution in [0.1, 0.15) is 18.5 Å². The van der Waals surface area contributed by atoms with Gasteiger partial charge < -0.3 is 5.32 Å². The molecule has 0 aliphatic carbocycles. The zero-order chi connectivity index (χ0) is 10.7. The number of nitro groups is 1. The lowest BCUT2D eigenvalue weighted by molar-refractivity contribution is -0.384. The standard InChI is InChI=1S/C9H11BrN2O2/c1-6(11-2)8-5-7(12(13)14)3-4-9(8)10/h3-6,11H,1-2H3/t6-/m0/s1. The number of nitro benzene ring substituents is 1. The maximum atomic E-state index is 10.5. The van der Waals surface area contributed by atoms with Gasteiger partial charge in [-0.2, -0.15) is 0 Å². The van der Waals surface area contributed by atoms with Crippen LogP contribution in [0.15, 0.2) is 22.7 Å². The van der Waals surface area contributed by atoms with E-state index >= 15 is 0 Å². The lowest BCUT2D eigenvalue weighted by Crippen LogP contribution is -2.13. The predicted molar refractivity (Wildman–Crippen MR) is 58.3 cm³/mol. The number of benzene rings is 1. The van der Waals surface area contributed by atoms with Crippen LogP contribution in [0.4, 0.5) is 5.69 Å². The SMILES string of the molecule is CN[C@@H](C)c1cc([N+](=O)[O-])ccc1Br. The second-order valence-corrected chi connectivity index (χ2v) is 3.83. The van der Waals surface area contributed by atoms with Crippen molar-refractivity contribution in [2.24, 2.45) is 0 Å². The molecule has 1 atom stereocenters. The minimum atomic E-state index is -0.391. The van der Waals surface area contributed by atoms with Gasteiger partial charge in [-0.1, -0.05) is 15.9 Å². The van der Waals surface area contributed by atoms with Crippen molar-refractivity contribution in [3.8, 4) is 0 Å². The molecule has 0 aliphatic rings. The van der Waals surface area contributed by atoms with E-state index in [1.807, 2.05) is 14.0 Å². The van der Waals surface area contributed by atoms with Crippen molar-refractivity contribution in [2.75, 3.05) is 7.05 Å². The van der Waals surface area contributed by atoms with Gasteiger partial charge in [-0.25, -0.2) is 0 Å². The van der Waals surface area contributed by atoms with E-state index in [1.54, 1.807) is 12.1 Å². The number of nitrogens with zero attached hydrogens (tertiary/aromatic N) is 1. The highest BCUT2D eigenvalue weighted by atomic mass is 79.9. The van der Waals surface area contributed by atoms with Gasteiger partial charge in [0.05, 0.1) is 4.92 Å². The van der Waals surface area contributed by atoms with E-state index in [0.29, 0.717) is 0 Å². The van der Waals surface area contributed by atoms with Gasteiger partial charge in [0.2, 0.25) is 0 Å². The van der Waals surface area contributed by atoms with Crippen LogP contribution in [-0.4, -0.2) is 12.0 Å². The van der Waals surface area contributed by atoms with Crippen LogP contribution in [0.3, 0.4) is 0 Å². The molecule has 0 bridgehead atoms. The molecule has 0 radical (unpaired) electrons. The Balaban J connectivity index is 3.14. The molecule has 1 aromatic carbocycles. The molecule has 0 unspecified atom stereocenters. The third-order valence-electron chi connectivity index (χ3n) is 2.09. The van der Waals surface area contributed by atoms with E-state index in [9.17, 15) is 10.1 Å². The first-order chi connectivity index (χ1) is 6.56. The van der Waals surface area contributed by atoms with E-state index in [4.69, 9.17) is 0 Å². The fourth-order valence-corrected chi connectivity index (χ4v) is 1.72. The molecule has 1 rings (SSSR count). The Bertz CT molecular complexity index is 355. The van der Waals surface area contributed by atoms with Gasteiger partial charge in [0.25, 0.3) is 5.69 Å². The number of non-ortho nitro benzene ring substituents is 1. The zero-order valence-electron chi connectivity index (χ0n) is 7.95. The maximum Gasteiger partial charge on any atom is 0.269 e. The topological polar surface area (TPSA) is 55.2 Å². The van der Waals surface area contributed by atoms with E-state index in [1.165, 1.54) is 6.07 Å². The molecule has 0 heterocycles. The maximum absolute atomic E-state index is 10.5. The van der Waals surface area contributed by atoms with Crippen molar-refractivity contribution in [3.05, 3.63) is 38.3 Å². The number of hydrogen-bond donors (Lipinski definition) is 1. The Labute approximate surface area is 90.6 Å². The minimum absolute atomic E-state index is 0.0873. The average Bonchev–Trinajstić information content (AvgIpc) is 2.17. The van der Waals surface area contributed by atoms with Crippen LogP contribution in [0.5, 0.6) is 0 Å². The minimum Gasteiger partial charge on any atom is -0.313 e. The lowest BCUT2D eigenvalue weighted by Gasteiger charge is -2.11. The summed E-state index contributed by atoms with van der Waals surface area (Å²) in [5.74, 6) is 0. The van der Waals surface area contributed by atoms with Crippen LogP contribution in [-0.2, 0) is 0 Å². The summed E-state index contributed by atoms with van der Waals surface area (Å²) in [4.78, 5) is 10.2. The molecule has 76 valence electrons. The predicted octanol–water partition coefficient (Wildman–Crippen LogP) is 2.64. The van der Waals surface area contributed by atoms with Gasteiger partial charge >= 0.3 is 0 Å². The molecule has 0 saturated carbocycles. The Hall–Kier alpha value is -0.940. The smallest absolute Gasteiger partial charge is 0.269 e. The molecule has 14 heavy (non-hydrogen) atoms. The van der Waals surface area contributed by atoms with Gasteiger partial charge in [0, 0.05) is 22.6 Å². The molecule has 5 heteroatoms. The molecule has 0 aliphatic heterocycles. The van der Waals surface area contributed by atoms with Gasteiger partial charge in [-0.05, 0) is 25.6 Å². The van der Waals surface area contributed by atoms with Crippen LogP contribution in [0.25, 0.3) is 0 Å². The first-order valence-electron chi connectivity index (χ1n) is 4.17. The molecule has 0 amide bonds. The highest BCUT2D eigenvalue weighted by Crippen LogP contribution is 2.27. The van der Waals surface area contributed by atoms with Gasteiger partial charge in [-0.3, -0.25) is 10.1 Å². The molecule has 0 aromatic heterocycles. The van der Waals surface area contributed by atoms with Crippen molar-refractivity contribution < 1.29 is 4.92 Å². The fraction of sp³-hybridized carbons (Fsp3) is 0.333. The largest absolute Gasteiger partial charge is 0.313 e. The number of nitrogens with one attached hydrogen (secondary N) is 1. The normalized spacial score (nSPS) is 12.5. The quantitative estimate of drug-likeness (QED) is 0.670. The Kier molecular flexibility index (Phi) is 3.60. The third kappa shape index (κ3) is 2.30. The zero-order valence-corrected chi connectivity index (χ0v) is 9.54. The first-order valence-corrected chi connectivity index (χ1v) is 4.96. The average molecular weight is 259 g/mol. The molecular weight excluding hydrogens is 248 g/mol. The second-order valence-electron chi connectivity index (χ2n) is 2.97. The lowest BCUT2D eigenvalue weighted by atomic mass is 10.1. The van der Waals surface area contributed by atoms with Crippen molar-refractivity contribution in [1.82, 2.24) is 5.32 Å². The van der Waals surface area contributed by atoms with Crippen molar-refractivity contribution in [1.29, 1.82) is 0 Å². The number of rotatable bonds is 3. The molecule has 4 nitrogen and oxygen atoms in total. The van der Waals surface area contributed by atoms with Gasteiger partial charge in [0.15, 0.2) is 0 Å². The van der Waals surface area contributed by atoms with Crippen LogP contribution in [0, 0.1) is 10.1 Å². The molecule has 1 N–H and O–H groups in total. The summed E-state index contributed by atoms with van der Waals surface area (Å²) >= 11 is 3.36. The Morgan fingerprint density at radius 3 is 2.71 bits per heavy atom. The summed E-state index contributed by atoms with van der Waals surface area (Å²) < 4.78 is 0.880. The monoisotopic (exact) mass is 258 g/mol. The molecule has 0 saturated heterocycles. The number of hydrogen-bond acceptors (Lipinski definition) is 3. The van der Waals surface area contributed by atoms with Crippen molar-refractivity contribution in [2.45, 2.75) is 13.0 Å². The van der Waals surface area contributed by atoms with Crippen LogP contribution >= 0.6 is 15.9 Å². The van der Waals surface area contributed by atoms with Crippen molar-refractivity contribution in [3.63, 3.8) is 0 Å². The molecule has 0 fully saturated rings. The highest BCUT2D eigenvalue weighted by molar-refractivity contribution is 9.10. The summed E-state index contributed by atoms with van der Waals surface area (Å²) in [6, 6.07) is 4.84. The summed E-state index contributed by atoms with van der Waals surface area (Å²) in [6.45, 7) is 1.95. The van der Waals surface area contributed by atoms with Gasteiger partial charge in [0.1, 0.15) is 0 Å². The third-order valence-corrected chi connectivity index (χ3v) is 2.81. The van der Waals surface area contributed by atoms with E-state index < -0.39 is 4.92 Å². The van der Waals surface area contributed by atoms with E-state index in [0.717, 1.165) is 10.0 Å². The fourth-order valence-electron chi connectivity index (χ4n) is 1.13. The molecule has 1 aromatic rings.